The number of ether oxygens (including phenoxy) is 2. The van der Waals surface area contributed by atoms with Crippen molar-refractivity contribution in [3.8, 4) is 0 Å². The molecular weight excluding hydrogens is 326 g/mol. The number of hydrogen-bond acceptors (Lipinski definition) is 5. The van der Waals surface area contributed by atoms with Gasteiger partial charge in [-0.2, -0.15) is 0 Å². The Balaban J connectivity index is 1.91. The molecule has 2 aliphatic heterocycles. The summed E-state index contributed by atoms with van der Waals surface area (Å²) >= 11 is 0. The summed E-state index contributed by atoms with van der Waals surface area (Å²) in [4.78, 5) is 39.8. The van der Waals surface area contributed by atoms with E-state index in [2.05, 4.69) is 5.32 Å². The van der Waals surface area contributed by atoms with Crippen molar-refractivity contribution in [2.24, 2.45) is 0 Å². The molecule has 2 heterocycles. The van der Waals surface area contributed by atoms with E-state index in [9.17, 15) is 14.4 Å². The van der Waals surface area contributed by atoms with Crippen LogP contribution in [0.4, 0.5) is 4.79 Å². The molecule has 2 fully saturated rings. The van der Waals surface area contributed by atoms with Crippen LogP contribution in [-0.2, 0) is 19.1 Å². The Kier molecular flexibility index (Phi) is 5.61. The molecule has 0 spiro atoms. The van der Waals surface area contributed by atoms with Crippen LogP contribution in [0.25, 0.3) is 0 Å². The van der Waals surface area contributed by atoms with Crippen LogP contribution >= 0.6 is 0 Å². The molecule has 8 nitrogen and oxygen atoms in total. The van der Waals surface area contributed by atoms with Gasteiger partial charge in [-0.1, -0.05) is 0 Å². The Morgan fingerprint density at radius 2 is 2.12 bits per heavy atom. The first-order chi connectivity index (χ1) is 11.5. The van der Waals surface area contributed by atoms with Crippen molar-refractivity contribution >= 4 is 17.9 Å². The molecular formula is C17H29N3O5. The molecule has 3 amide bonds. The second-order valence-electron chi connectivity index (χ2n) is 7.86. The van der Waals surface area contributed by atoms with Gasteiger partial charge in [-0.05, 0) is 40.5 Å². The van der Waals surface area contributed by atoms with Crippen LogP contribution in [0, 0.1) is 0 Å². The van der Waals surface area contributed by atoms with Crippen molar-refractivity contribution in [3.63, 3.8) is 0 Å². The standard InChI is InChI=1S/C17H29N3O5/c1-16(2,3)25-15(23)19(5)11-13(21)18-12-7-10-24-17(4)8-6-9-20(17)14(12)22/h12H,6-11H2,1-5H3,(H,18,21)/t12-,17?/m0/s1. The molecule has 2 rings (SSSR count). The minimum atomic E-state index is -0.628. The summed E-state index contributed by atoms with van der Waals surface area (Å²) in [5.74, 6) is -0.514. The Labute approximate surface area is 148 Å². The lowest BCUT2D eigenvalue weighted by Gasteiger charge is -2.33. The average Bonchev–Trinajstić information content (AvgIpc) is 2.80. The van der Waals surface area contributed by atoms with Crippen LogP contribution in [0.5, 0.6) is 0 Å². The summed E-state index contributed by atoms with van der Waals surface area (Å²) in [6, 6.07) is -0.625. The quantitative estimate of drug-likeness (QED) is 0.819. The number of nitrogens with one attached hydrogen (secondary N) is 1. The van der Waals surface area contributed by atoms with E-state index in [0.29, 0.717) is 19.6 Å². The molecule has 0 radical (unpaired) electrons. The lowest BCUT2D eigenvalue weighted by molar-refractivity contribution is -0.155. The molecule has 1 unspecified atom stereocenters. The van der Waals surface area contributed by atoms with Gasteiger partial charge in [0.1, 0.15) is 23.9 Å². The zero-order valence-corrected chi connectivity index (χ0v) is 15.8. The van der Waals surface area contributed by atoms with E-state index in [4.69, 9.17) is 9.47 Å². The van der Waals surface area contributed by atoms with Crippen LogP contribution < -0.4 is 5.32 Å². The molecule has 0 saturated carbocycles. The van der Waals surface area contributed by atoms with E-state index in [1.165, 1.54) is 11.9 Å². The predicted octanol–water partition coefficient (Wildman–Crippen LogP) is 1.10. The summed E-state index contributed by atoms with van der Waals surface area (Å²) in [7, 11) is 1.49. The number of nitrogens with zero attached hydrogens (tertiary/aromatic N) is 2. The van der Waals surface area contributed by atoms with E-state index >= 15 is 0 Å². The van der Waals surface area contributed by atoms with Gasteiger partial charge in [0.25, 0.3) is 0 Å². The van der Waals surface area contributed by atoms with E-state index in [-0.39, 0.29) is 12.5 Å². The smallest absolute Gasteiger partial charge is 0.410 e. The van der Waals surface area contributed by atoms with Gasteiger partial charge in [0.05, 0.1) is 6.61 Å². The highest BCUT2D eigenvalue weighted by atomic mass is 16.6. The van der Waals surface area contributed by atoms with Gasteiger partial charge in [0.2, 0.25) is 11.8 Å². The fraction of sp³-hybridized carbons (Fsp3) is 0.824. The fourth-order valence-electron chi connectivity index (χ4n) is 3.13. The van der Waals surface area contributed by atoms with Gasteiger partial charge in [0.15, 0.2) is 0 Å². The van der Waals surface area contributed by atoms with Crippen LogP contribution in [0.3, 0.4) is 0 Å². The average molecular weight is 355 g/mol. The zero-order chi connectivity index (χ0) is 18.8. The van der Waals surface area contributed by atoms with Crippen LogP contribution in [0.2, 0.25) is 0 Å². The summed E-state index contributed by atoms with van der Waals surface area (Å²) < 4.78 is 11.1. The van der Waals surface area contributed by atoms with Crippen molar-refractivity contribution in [3.05, 3.63) is 0 Å². The topological polar surface area (TPSA) is 88.2 Å². The zero-order valence-electron chi connectivity index (χ0n) is 15.8. The molecule has 2 atom stereocenters. The number of hydrogen-bond donors (Lipinski definition) is 1. The van der Waals surface area contributed by atoms with Crippen molar-refractivity contribution in [2.75, 3.05) is 26.7 Å². The van der Waals surface area contributed by atoms with E-state index in [1.807, 2.05) is 6.92 Å². The lowest BCUT2D eigenvalue weighted by Crippen LogP contribution is -2.53. The number of carbonyl (C=O) groups excluding carboxylic acids is 3. The second-order valence-corrected chi connectivity index (χ2v) is 7.86. The number of amides is 3. The van der Waals surface area contributed by atoms with Crippen LogP contribution in [0.15, 0.2) is 0 Å². The number of likely N-dealkylation sites (N-methyl/N-ethyl adjacent to an activating group) is 1. The van der Waals surface area contributed by atoms with Crippen molar-refractivity contribution in [2.45, 2.75) is 64.3 Å². The molecule has 0 aromatic rings. The van der Waals surface area contributed by atoms with Gasteiger partial charge >= 0.3 is 6.09 Å². The first-order valence-electron chi connectivity index (χ1n) is 8.71. The van der Waals surface area contributed by atoms with Gasteiger partial charge in [-0.15, -0.1) is 0 Å². The third-order valence-corrected chi connectivity index (χ3v) is 4.40. The Bertz CT molecular complexity index is 545. The van der Waals surface area contributed by atoms with Gasteiger partial charge in [-0.25, -0.2) is 4.79 Å². The summed E-state index contributed by atoms with van der Waals surface area (Å²) in [5, 5.41) is 2.73. The van der Waals surface area contributed by atoms with Gasteiger partial charge < -0.3 is 24.6 Å². The summed E-state index contributed by atoms with van der Waals surface area (Å²) in [5.41, 5.74) is -1.19. The minimum Gasteiger partial charge on any atom is -0.444 e. The monoisotopic (exact) mass is 355 g/mol. The maximum atomic E-state index is 12.7. The molecule has 0 aliphatic carbocycles. The molecule has 0 aromatic heterocycles. The molecule has 2 saturated heterocycles. The van der Waals surface area contributed by atoms with Crippen LogP contribution in [-0.4, -0.2) is 71.8 Å². The number of rotatable bonds is 3. The van der Waals surface area contributed by atoms with Crippen molar-refractivity contribution < 1.29 is 23.9 Å². The van der Waals surface area contributed by atoms with Gasteiger partial charge in [0, 0.05) is 20.0 Å². The first-order valence-corrected chi connectivity index (χ1v) is 8.71. The highest BCUT2D eigenvalue weighted by molar-refractivity contribution is 5.90. The third-order valence-electron chi connectivity index (χ3n) is 4.40. The van der Waals surface area contributed by atoms with Crippen molar-refractivity contribution in [1.29, 1.82) is 0 Å². The minimum absolute atomic E-state index is 0.120. The Morgan fingerprint density at radius 1 is 1.44 bits per heavy atom. The van der Waals surface area contributed by atoms with E-state index in [1.54, 1.807) is 25.7 Å². The van der Waals surface area contributed by atoms with E-state index < -0.39 is 29.4 Å². The second kappa shape index (κ2) is 7.19. The highest BCUT2D eigenvalue weighted by Gasteiger charge is 2.45. The maximum absolute atomic E-state index is 12.7. The van der Waals surface area contributed by atoms with Crippen molar-refractivity contribution in [1.82, 2.24) is 15.1 Å². The Morgan fingerprint density at radius 3 is 2.76 bits per heavy atom. The van der Waals surface area contributed by atoms with E-state index in [0.717, 1.165) is 12.8 Å². The molecule has 1 N–H and O–H groups in total. The summed E-state index contributed by atoms with van der Waals surface area (Å²) in [6.45, 7) is 8.07. The Hall–Kier alpha value is -1.83. The number of fused-ring (bicyclic) bond motifs is 1. The first kappa shape index (κ1) is 19.5. The van der Waals surface area contributed by atoms with Crippen LogP contribution in [0.1, 0.15) is 47.0 Å². The molecule has 8 heteroatoms. The lowest BCUT2D eigenvalue weighted by atomic mass is 10.1. The molecule has 25 heavy (non-hydrogen) atoms. The molecule has 2 aliphatic rings. The maximum Gasteiger partial charge on any atom is 0.410 e. The molecule has 142 valence electrons. The largest absolute Gasteiger partial charge is 0.444 e. The SMILES string of the molecule is CN(CC(=O)N[C@H]1CCOC2(C)CCCN2C1=O)C(=O)OC(C)(C)C. The third kappa shape index (κ3) is 4.84. The highest BCUT2D eigenvalue weighted by Crippen LogP contribution is 2.33. The van der Waals surface area contributed by atoms with Gasteiger partial charge in [-0.3, -0.25) is 9.59 Å². The molecule has 0 bridgehead atoms. The summed E-state index contributed by atoms with van der Waals surface area (Å²) in [6.07, 6.45) is 1.54. The predicted molar refractivity (Wildman–Crippen MR) is 90.7 cm³/mol. The fourth-order valence-corrected chi connectivity index (χ4v) is 3.13. The normalized spacial score (nSPS) is 26.7. The number of carbonyl (C=O) groups is 3. The molecule has 0 aromatic carbocycles.